The molecule has 0 unspecified atom stereocenters. The van der Waals surface area contributed by atoms with Crippen LogP contribution >= 0.6 is 11.3 Å². The van der Waals surface area contributed by atoms with Gasteiger partial charge < -0.3 is 9.80 Å². The number of carbonyl (C=O) groups excluding carboxylic acids is 2. The summed E-state index contributed by atoms with van der Waals surface area (Å²) in [6, 6.07) is 7.06. The summed E-state index contributed by atoms with van der Waals surface area (Å²) in [6.45, 7) is 2.65. The number of amides is 2. The van der Waals surface area contributed by atoms with E-state index in [2.05, 4.69) is 4.98 Å². The van der Waals surface area contributed by atoms with E-state index in [4.69, 9.17) is 0 Å². The second-order valence-corrected chi connectivity index (χ2v) is 6.88. The van der Waals surface area contributed by atoms with Crippen LogP contribution in [-0.4, -0.2) is 53.3 Å². The Hall–Kier alpha value is -2.21. The van der Waals surface area contributed by atoms with Crippen LogP contribution in [0.25, 0.3) is 11.3 Å². The number of benzene rings is 1. The monoisotopic (exact) mass is 329 g/mol. The summed E-state index contributed by atoms with van der Waals surface area (Å²) in [4.78, 5) is 32.5. The molecule has 1 atom stereocenters. The average Bonchev–Trinajstić information content (AvgIpc) is 3.13. The van der Waals surface area contributed by atoms with Crippen LogP contribution in [0.3, 0.4) is 0 Å². The second kappa shape index (κ2) is 6.12. The van der Waals surface area contributed by atoms with Crippen LogP contribution in [-0.2, 0) is 4.79 Å². The van der Waals surface area contributed by atoms with E-state index in [-0.39, 0.29) is 17.9 Å². The fourth-order valence-electron chi connectivity index (χ4n) is 2.82. The van der Waals surface area contributed by atoms with Crippen LogP contribution in [0.5, 0.6) is 0 Å². The Morgan fingerprint density at radius 1 is 1.43 bits per heavy atom. The number of nitrogens with zero attached hydrogens (tertiary/aromatic N) is 3. The first-order chi connectivity index (χ1) is 11.0. The van der Waals surface area contributed by atoms with Crippen molar-refractivity contribution in [3.63, 3.8) is 0 Å². The third-order valence-corrected chi connectivity index (χ3v) is 4.98. The highest BCUT2D eigenvalue weighted by molar-refractivity contribution is 7.09. The number of hydrogen-bond donors (Lipinski definition) is 0. The van der Waals surface area contributed by atoms with Crippen LogP contribution in [0.4, 0.5) is 0 Å². The van der Waals surface area contributed by atoms with E-state index >= 15 is 0 Å². The molecule has 1 aromatic carbocycles. The molecule has 120 valence electrons. The molecule has 1 aliphatic heterocycles. The Morgan fingerprint density at radius 3 is 2.83 bits per heavy atom. The van der Waals surface area contributed by atoms with Crippen molar-refractivity contribution in [3.8, 4) is 11.3 Å². The maximum Gasteiger partial charge on any atom is 0.254 e. The van der Waals surface area contributed by atoms with E-state index in [1.165, 1.54) is 0 Å². The van der Waals surface area contributed by atoms with Crippen molar-refractivity contribution in [1.82, 2.24) is 14.8 Å². The fraction of sp³-hybridized carbons (Fsp3) is 0.353. The Balaban J connectivity index is 1.84. The summed E-state index contributed by atoms with van der Waals surface area (Å²) >= 11 is 1.58. The van der Waals surface area contributed by atoms with Crippen molar-refractivity contribution in [2.45, 2.75) is 19.4 Å². The molecule has 2 amide bonds. The van der Waals surface area contributed by atoms with E-state index in [9.17, 15) is 9.59 Å². The molecule has 1 aromatic heterocycles. The number of aromatic nitrogens is 1. The number of hydrogen-bond acceptors (Lipinski definition) is 4. The van der Waals surface area contributed by atoms with Crippen molar-refractivity contribution in [1.29, 1.82) is 0 Å². The smallest absolute Gasteiger partial charge is 0.254 e. The molecule has 0 N–H and O–H groups in total. The zero-order chi connectivity index (χ0) is 16.6. The van der Waals surface area contributed by atoms with E-state index in [1.807, 2.05) is 30.5 Å². The molecule has 3 rings (SSSR count). The summed E-state index contributed by atoms with van der Waals surface area (Å²) in [5.74, 6) is -0.125. The first-order valence-electron chi connectivity index (χ1n) is 7.52. The number of aryl methyl sites for hydroxylation is 1. The van der Waals surface area contributed by atoms with Crippen molar-refractivity contribution >= 4 is 23.2 Å². The number of rotatable bonds is 3. The average molecular weight is 329 g/mol. The largest absolute Gasteiger partial charge is 0.344 e. The molecule has 0 saturated carbocycles. The lowest BCUT2D eigenvalue weighted by atomic mass is 10.1. The number of carbonyl (C=O) groups is 2. The SMILES string of the molecule is Cc1nc(-c2cccc(C(=O)N(C)[C@@H]3CCN(C)C3=O)c2)cs1. The van der Waals surface area contributed by atoms with Gasteiger partial charge in [0.1, 0.15) is 6.04 Å². The topological polar surface area (TPSA) is 53.5 Å². The van der Waals surface area contributed by atoms with Crippen molar-refractivity contribution < 1.29 is 9.59 Å². The lowest BCUT2D eigenvalue weighted by molar-refractivity contribution is -0.130. The molecule has 0 bridgehead atoms. The van der Waals surface area contributed by atoms with Gasteiger partial charge in [-0.25, -0.2) is 4.98 Å². The molecular formula is C17H19N3O2S. The maximum atomic E-state index is 12.7. The van der Waals surface area contributed by atoms with Crippen LogP contribution in [0, 0.1) is 6.92 Å². The summed E-state index contributed by atoms with van der Waals surface area (Å²) < 4.78 is 0. The van der Waals surface area contributed by atoms with Gasteiger partial charge in [0.25, 0.3) is 5.91 Å². The zero-order valence-electron chi connectivity index (χ0n) is 13.4. The molecule has 23 heavy (non-hydrogen) atoms. The highest BCUT2D eigenvalue weighted by Crippen LogP contribution is 2.24. The second-order valence-electron chi connectivity index (χ2n) is 5.81. The molecular weight excluding hydrogens is 310 g/mol. The molecule has 0 spiro atoms. The molecule has 6 heteroatoms. The molecule has 5 nitrogen and oxygen atoms in total. The van der Waals surface area contributed by atoms with Gasteiger partial charge in [0.15, 0.2) is 0 Å². The van der Waals surface area contributed by atoms with Crippen molar-refractivity contribution in [3.05, 3.63) is 40.2 Å². The first kappa shape index (κ1) is 15.7. The van der Waals surface area contributed by atoms with E-state index < -0.39 is 0 Å². The van der Waals surface area contributed by atoms with Gasteiger partial charge in [0, 0.05) is 37.1 Å². The number of thiazole rings is 1. The van der Waals surface area contributed by atoms with Crippen molar-refractivity contribution in [2.75, 3.05) is 20.6 Å². The quantitative estimate of drug-likeness (QED) is 0.869. The molecule has 1 aliphatic rings. The molecule has 2 aromatic rings. The van der Waals surface area contributed by atoms with Gasteiger partial charge >= 0.3 is 0 Å². The van der Waals surface area contributed by atoms with E-state index in [0.717, 1.165) is 16.3 Å². The van der Waals surface area contributed by atoms with Gasteiger partial charge in [-0.05, 0) is 25.5 Å². The Morgan fingerprint density at radius 2 is 2.22 bits per heavy atom. The van der Waals surface area contributed by atoms with Gasteiger partial charge in [-0.2, -0.15) is 0 Å². The number of likely N-dealkylation sites (N-methyl/N-ethyl adjacent to an activating group) is 2. The van der Waals surface area contributed by atoms with Crippen LogP contribution < -0.4 is 0 Å². The van der Waals surface area contributed by atoms with Gasteiger partial charge in [-0.3, -0.25) is 9.59 Å². The summed E-state index contributed by atoms with van der Waals surface area (Å²) in [5.41, 5.74) is 2.38. The predicted octanol–water partition coefficient (Wildman–Crippen LogP) is 2.42. The Kier molecular flexibility index (Phi) is 4.17. The van der Waals surface area contributed by atoms with Gasteiger partial charge in [-0.15, -0.1) is 11.3 Å². The third kappa shape index (κ3) is 2.99. The highest BCUT2D eigenvalue weighted by Gasteiger charge is 2.34. The van der Waals surface area contributed by atoms with Crippen LogP contribution in [0.2, 0.25) is 0 Å². The molecule has 1 saturated heterocycles. The minimum Gasteiger partial charge on any atom is -0.344 e. The standard InChI is InChI=1S/C17H19N3O2S/c1-11-18-14(10-23-11)12-5-4-6-13(9-12)16(21)20(3)15-7-8-19(2)17(15)22/h4-6,9-10,15H,7-8H2,1-3H3/t15-/m1/s1. The van der Waals surface area contributed by atoms with Crippen LogP contribution in [0.15, 0.2) is 29.6 Å². The molecule has 1 fully saturated rings. The highest BCUT2D eigenvalue weighted by atomic mass is 32.1. The fourth-order valence-corrected chi connectivity index (χ4v) is 3.44. The number of likely N-dealkylation sites (tertiary alicyclic amines) is 1. The summed E-state index contributed by atoms with van der Waals surface area (Å²) in [6.07, 6.45) is 0.683. The zero-order valence-corrected chi connectivity index (χ0v) is 14.3. The maximum absolute atomic E-state index is 12.7. The lowest BCUT2D eigenvalue weighted by Crippen LogP contribution is -2.42. The molecule has 2 heterocycles. The summed E-state index contributed by atoms with van der Waals surface area (Å²) in [7, 11) is 3.47. The third-order valence-electron chi connectivity index (χ3n) is 4.21. The lowest BCUT2D eigenvalue weighted by Gasteiger charge is -2.23. The Labute approximate surface area is 139 Å². The van der Waals surface area contributed by atoms with Gasteiger partial charge in [0.2, 0.25) is 5.91 Å². The minimum absolute atomic E-state index is 0.00660. The first-order valence-corrected chi connectivity index (χ1v) is 8.40. The van der Waals surface area contributed by atoms with Crippen LogP contribution in [0.1, 0.15) is 21.8 Å². The Bertz CT molecular complexity index is 756. The van der Waals surface area contributed by atoms with Gasteiger partial charge in [-0.1, -0.05) is 12.1 Å². The minimum atomic E-state index is -0.363. The predicted molar refractivity (Wildman–Crippen MR) is 90.4 cm³/mol. The normalized spacial score (nSPS) is 17.6. The summed E-state index contributed by atoms with van der Waals surface area (Å²) in [5, 5.41) is 2.98. The van der Waals surface area contributed by atoms with Gasteiger partial charge in [0.05, 0.1) is 10.7 Å². The van der Waals surface area contributed by atoms with Crippen molar-refractivity contribution in [2.24, 2.45) is 0 Å². The molecule has 0 radical (unpaired) electrons. The molecule has 0 aliphatic carbocycles. The van der Waals surface area contributed by atoms with E-state index in [1.54, 1.807) is 41.3 Å². The van der Waals surface area contributed by atoms with E-state index in [0.29, 0.717) is 18.5 Å².